The van der Waals surface area contributed by atoms with E-state index in [2.05, 4.69) is 15.6 Å². The summed E-state index contributed by atoms with van der Waals surface area (Å²) in [7, 11) is 1.60. The minimum atomic E-state index is -0.763. The summed E-state index contributed by atoms with van der Waals surface area (Å²) in [5.74, 6) is -0.239. The third-order valence-corrected chi connectivity index (χ3v) is 8.00. The van der Waals surface area contributed by atoms with Gasteiger partial charge < -0.3 is 25.3 Å². The van der Waals surface area contributed by atoms with Crippen molar-refractivity contribution >= 4 is 28.6 Å². The second-order valence-corrected chi connectivity index (χ2v) is 10.8. The van der Waals surface area contributed by atoms with Crippen LogP contribution in [0, 0.1) is 5.92 Å². The Morgan fingerprint density at radius 3 is 2.62 bits per heavy atom. The quantitative estimate of drug-likeness (QED) is 0.331. The Kier molecular flexibility index (Phi) is 6.54. The van der Waals surface area contributed by atoms with Gasteiger partial charge in [0.25, 0.3) is 5.91 Å². The maximum atomic E-state index is 14.0. The smallest absolute Gasteiger partial charge is 0.255 e. The molecule has 3 atom stereocenters. The molecule has 0 spiro atoms. The maximum Gasteiger partial charge on any atom is 0.255 e. The first kappa shape index (κ1) is 25.7. The number of amides is 3. The van der Waals surface area contributed by atoms with Crippen molar-refractivity contribution in [3.8, 4) is 5.75 Å². The van der Waals surface area contributed by atoms with E-state index in [-0.39, 0.29) is 23.6 Å². The molecule has 8 nitrogen and oxygen atoms in total. The van der Waals surface area contributed by atoms with E-state index < -0.39 is 18.1 Å². The molecule has 0 bridgehead atoms. The Labute approximate surface area is 232 Å². The van der Waals surface area contributed by atoms with Crippen molar-refractivity contribution in [1.82, 2.24) is 20.5 Å². The van der Waals surface area contributed by atoms with Gasteiger partial charge in [-0.05, 0) is 46.9 Å². The minimum Gasteiger partial charge on any atom is -0.497 e. The largest absolute Gasteiger partial charge is 0.497 e. The van der Waals surface area contributed by atoms with Crippen molar-refractivity contribution in [2.75, 3.05) is 7.11 Å². The second kappa shape index (κ2) is 10.2. The van der Waals surface area contributed by atoms with Crippen molar-refractivity contribution in [3.05, 3.63) is 101 Å². The van der Waals surface area contributed by atoms with Crippen molar-refractivity contribution in [3.63, 3.8) is 0 Å². The molecule has 3 aromatic carbocycles. The number of aromatic amines is 1. The molecule has 40 heavy (non-hydrogen) atoms. The average molecular weight is 537 g/mol. The number of rotatable bonds is 7. The van der Waals surface area contributed by atoms with Crippen molar-refractivity contribution < 1.29 is 19.1 Å². The number of H-pyrrole nitrogens is 1. The van der Waals surface area contributed by atoms with Crippen LogP contribution in [0.5, 0.6) is 5.75 Å². The number of ether oxygens (including phenoxy) is 1. The van der Waals surface area contributed by atoms with Gasteiger partial charge in [-0.25, -0.2) is 0 Å². The van der Waals surface area contributed by atoms with E-state index in [1.807, 2.05) is 86.6 Å². The number of hydrogen-bond acceptors (Lipinski definition) is 4. The zero-order valence-corrected chi connectivity index (χ0v) is 22.7. The first-order chi connectivity index (χ1) is 19.4. The van der Waals surface area contributed by atoms with Crippen LogP contribution >= 0.6 is 0 Å². The molecule has 0 saturated carbocycles. The highest BCUT2D eigenvalue weighted by Gasteiger charge is 2.49. The van der Waals surface area contributed by atoms with Crippen molar-refractivity contribution in [2.24, 2.45) is 5.92 Å². The zero-order valence-electron chi connectivity index (χ0n) is 22.7. The van der Waals surface area contributed by atoms with Crippen LogP contribution in [0.15, 0.2) is 72.8 Å². The molecule has 3 heterocycles. The average Bonchev–Trinajstić information content (AvgIpc) is 3.49. The van der Waals surface area contributed by atoms with Gasteiger partial charge >= 0.3 is 0 Å². The van der Waals surface area contributed by atoms with Crippen LogP contribution in [0.25, 0.3) is 10.9 Å². The number of fused-ring (bicyclic) bond motifs is 7. The highest BCUT2D eigenvalue weighted by molar-refractivity contribution is 6.04. The van der Waals surface area contributed by atoms with E-state index in [1.165, 1.54) is 0 Å². The molecule has 2 aliphatic rings. The summed E-state index contributed by atoms with van der Waals surface area (Å²) in [4.78, 5) is 46.2. The Morgan fingerprint density at radius 1 is 1.05 bits per heavy atom. The molecule has 2 aliphatic heterocycles. The molecule has 0 saturated heterocycles. The number of benzene rings is 3. The fourth-order valence-corrected chi connectivity index (χ4v) is 6.00. The maximum absolute atomic E-state index is 14.0. The third-order valence-electron chi connectivity index (χ3n) is 8.00. The lowest BCUT2D eigenvalue weighted by atomic mass is 9.89. The van der Waals surface area contributed by atoms with Crippen molar-refractivity contribution in [1.29, 1.82) is 0 Å². The first-order valence-electron chi connectivity index (χ1n) is 13.6. The fraction of sp³-hybridized carbons (Fsp3) is 0.281. The number of carbonyl (C=O) groups is 3. The molecule has 0 aliphatic carbocycles. The summed E-state index contributed by atoms with van der Waals surface area (Å²) in [6, 6.07) is 21.1. The van der Waals surface area contributed by atoms with E-state index >= 15 is 0 Å². The standard InChI is InChI=1S/C32H32N4O4/c1-18(2)27(31(38)33-17-19-9-8-10-20(15-19)40-3)35-30(37)26-16-24-21-11-6-7-14-25(21)34-28(24)29-22-12-4-5-13-23(22)32(39)36(26)29/h4-15,18,26-27,29,34H,16-17H2,1-3H3,(H,33,38)(H,35,37)/t26-,27-,29+/m0/s1. The summed E-state index contributed by atoms with van der Waals surface area (Å²) in [6.07, 6.45) is 0.359. The van der Waals surface area contributed by atoms with Gasteiger partial charge in [0.05, 0.1) is 13.2 Å². The van der Waals surface area contributed by atoms with Crippen molar-refractivity contribution in [2.45, 2.75) is 44.9 Å². The van der Waals surface area contributed by atoms with E-state index in [0.29, 0.717) is 24.3 Å². The van der Waals surface area contributed by atoms with E-state index in [1.54, 1.807) is 12.0 Å². The molecule has 6 rings (SSSR count). The van der Waals surface area contributed by atoms with Crippen LogP contribution in [-0.4, -0.2) is 46.8 Å². The Balaban J connectivity index is 1.29. The number of para-hydroxylation sites is 1. The number of nitrogens with one attached hydrogen (secondary N) is 3. The van der Waals surface area contributed by atoms with Gasteiger partial charge in [0.1, 0.15) is 17.8 Å². The molecule has 0 fully saturated rings. The lowest BCUT2D eigenvalue weighted by molar-refractivity contribution is -0.133. The van der Waals surface area contributed by atoms with E-state index in [0.717, 1.165) is 33.3 Å². The van der Waals surface area contributed by atoms with Crippen LogP contribution < -0.4 is 15.4 Å². The summed E-state index contributed by atoms with van der Waals surface area (Å²) < 4.78 is 5.28. The number of aromatic nitrogens is 1. The SMILES string of the molecule is COc1cccc(CNC(=O)[C@@H](NC(=O)[C@@H]2Cc3c([nH]c4ccccc34)[C@H]3c4ccccc4C(=O)N32)C(C)C)c1. The first-order valence-corrected chi connectivity index (χ1v) is 13.6. The van der Waals surface area contributed by atoms with Crippen LogP contribution in [0.2, 0.25) is 0 Å². The molecule has 4 aromatic rings. The third kappa shape index (κ3) is 4.29. The number of methoxy groups -OCH3 is 1. The monoisotopic (exact) mass is 536 g/mol. The molecule has 3 amide bonds. The number of hydrogen-bond donors (Lipinski definition) is 3. The topological polar surface area (TPSA) is 104 Å². The van der Waals surface area contributed by atoms with Gasteiger partial charge in [0.15, 0.2) is 0 Å². The predicted molar refractivity (Wildman–Crippen MR) is 152 cm³/mol. The Bertz CT molecular complexity index is 1620. The summed E-state index contributed by atoms with van der Waals surface area (Å²) >= 11 is 0. The molecule has 204 valence electrons. The number of carbonyl (C=O) groups excluding carboxylic acids is 3. The minimum absolute atomic E-state index is 0.163. The molecular weight excluding hydrogens is 504 g/mol. The highest BCUT2D eigenvalue weighted by atomic mass is 16.5. The lowest BCUT2D eigenvalue weighted by Crippen LogP contribution is -2.57. The Morgan fingerprint density at radius 2 is 1.82 bits per heavy atom. The van der Waals surface area contributed by atoms with Gasteiger partial charge in [-0.15, -0.1) is 0 Å². The predicted octanol–water partition coefficient (Wildman–Crippen LogP) is 4.10. The van der Waals surface area contributed by atoms with Gasteiger partial charge in [-0.2, -0.15) is 0 Å². The lowest BCUT2D eigenvalue weighted by Gasteiger charge is -2.38. The normalized spacial score (nSPS) is 18.2. The molecule has 0 unspecified atom stereocenters. The van der Waals surface area contributed by atoms with E-state index in [9.17, 15) is 14.4 Å². The van der Waals surface area contributed by atoms with Crippen LogP contribution in [-0.2, 0) is 22.6 Å². The van der Waals surface area contributed by atoms with Gasteiger partial charge in [0, 0.05) is 35.1 Å². The molecular formula is C32H32N4O4. The highest BCUT2D eigenvalue weighted by Crippen LogP contribution is 2.46. The van der Waals surface area contributed by atoms with E-state index in [4.69, 9.17) is 4.74 Å². The zero-order chi connectivity index (χ0) is 28.0. The summed E-state index contributed by atoms with van der Waals surface area (Å²) in [5, 5.41) is 6.99. The summed E-state index contributed by atoms with van der Waals surface area (Å²) in [6.45, 7) is 4.10. The van der Waals surface area contributed by atoms with Crippen LogP contribution in [0.1, 0.15) is 52.6 Å². The molecule has 1 aromatic heterocycles. The number of nitrogens with zero attached hydrogens (tertiary/aromatic N) is 1. The molecule has 3 N–H and O–H groups in total. The van der Waals surface area contributed by atoms with Crippen LogP contribution in [0.4, 0.5) is 0 Å². The summed E-state index contributed by atoms with van der Waals surface area (Å²) in [5.41, 5.74) is 5.33. The molecule has 0 radical (unpaired) electrons. The second-order valence-electron chi connectivity index (χ2n) is 10.8. The van der Waals surface area contributed by atoms with Crippen LogP contribution in [0.3, 0.4) is 0 Å². The fourth-order valence-electron chi connectivity index (χ4n) is 6.00. The Hall–Kier alpha value is -4.59. The van der Waals surface area contributed by atoms with Gasteiger partial charge in [-0.3, -0.25) is 14.4 Å². The molecule has 8 heteroatoms. The van der Waals surface area contributed by atoms with Gasteiger partial charge in [0.2, 0.25) is 11.8 Å². The van der Waals surface area contributed by atoms with Gasteiger partial charge in [-0.1, -0.05) is 62.4 Å².